The molecule has 1 aliphatic rings. The lowest BCUT2D eigenvalue weighted by atomic mass is 9.79. The highest BCUT2D eigenvalue weighted by molar-refractivity contribution is 5.81. The third-order valence-corrected chi connectivity index (χ3v) is 4.27. The van der Waals surface area contributed by atoms with Gasteiger partial charge in [0.15, 0.2) is 0 Å². The van der Waals surface area contributed by atoms with E-state index in [4.69, 9.17) is 4.74 Å². The van der Waals surface area contributed by atoms with Crippen LogP contribution < -0.4 is 9.64 Å². The SMILES string of the molecule is CCCN1c2c(OC)cc(C=O)cc2[C@@H](C)CC1(C)C. The van der Waals surface area contributed by atoms with Crippen LogP contribution in [0.25, 0.3) is 0 Å². The van der Waals surface area contributed by atoms with Crippen molar-refractivity contribution in [2.24, 2.45) is 0 Å². The van der Waals surface area contributed by atoms with Crippen LogP contribution in [0, 0.1) is 0 Å². The first kappa shape index (κ1) is 14.9. The van der Waals surface area contributed by atoms with Gasteiger partial charge in [0.2, 0.25) is 0 Å². The number of hydrogen-bond donors (Lipinski definition) is 0. The number of rotatable bonds is 4. The molecule has 1 aromatic carbocycles. The predicted octanol–water partition coefficient (Wildman–Crippen LogP) is 4.01. The van der Waals surface area contributed by atoms with E-state index in [1.165, 1.54) is 11.3 Å². The van der Waals surface area contributed by atoms with Crippen molar-refractivity contribution >= 4 is 12.0 Å². The molecule has 0 spiro atoms. The molecule has 0 N–H and O–H groups in total. The normalized spacial score (nSPS) is 20.4. The quantitative estimate of drug-likeness (QED) is 0.778. The number of methoxy groups -OCH3 is 1. The van der Waals surface area contributed by atoms with Crippen molar-refractivity contribution in [3.05, 3.63) is 23.3 Å². The zero-order valence-electron chi connectivity index (χ0n) is 13.2. The number of hydrogen-bond acceptors (Lipinski definition) is 3. The summed E-state index contributed by atoms with van der Waals surface area (Å²) in [7, 11) is 1.68. The molecule has 0 unspecified atom stereocenters. The van der Waals surface area contributed by atoms with Gasteiger partial charge in [-0.15, -0.1) is 0 Å². The topological polar surface area (TPSA) is 29.5 Å². The number of benzene rings is 1. The number of ether oxygens (including phenoxy) is 1. The molecule has 0 amide bonds. The van der Waals surface area contributed by atoms with Crippen molar-refractivity contribution < 1.29 is 9.53 Å². The van der Waals surface area contributed by atoms with Crippen LogP contribution in [0.5, 0.6) is 5.75 Å². The smallest absolute Gasteiger partial charge is 0.150 e. The number of aldehydes is 1. The molecule has 3 heteroatoms. The Balaban J connectivity index is 2.65. The van der Waals surface area contributed by atoms with E-state index in [0.29, 0.717) is 11.5 Å². The van der Waals surface area contributed by atoms with Gasteiger partial charge in [-0.3, -0.25) is 4.79 Å². The Labute approximate surface area is 121 Å². The van der Waals surface area contributed by atoms with Gasteiger partial charge in [-0.1, -0.05) is 13.8 Å². The van der Waals surface area contributed by atoms with E-state index in [0.717, 1.165) is 31.4 Å². The molecule has 20 heavy (non-hydrogen) atoms. The highest BCUT2D eigenvalue weighted by Gasteiger charge is 2.37. The molecular weight excluding hydrogens is 250 g/mol. The fourth-order valence-electron chi connectivity index (χ4n) is 3.45. The summed E-state index contributed by atoms with van der Waals surface area (Å²) < 4.78 is 5.57. The molecule has 0 aliphatic carbocycles. The van der Waals surface area contributed by atoms with E-state index in [-0.39, 0.29) is 5.54 Å². The van der Waals surface area contributed by atoms with Crippen molar-refractivity contribution in [2.45, 2.75) is 52.0 Å². The third kappa shape index (κ3) is 2.41. The van der Waals surface area contributed by atoms with Crippen LogP contribution in [0.3, 0.4) is 0 Å². The van der Waals surface area contributed by atoms with Gasteiger partial charge < -0.3 is 9.64 Å². The number of fused-ring (bicyclic) bond motifs is 1. The van der Waals surface area contributed by atoms with Crippen LogP contribution >= 0.6 is 0 Å². The lowest BCUT2D eigenvalue weighted by Gasteiger charge is -2.48. The van der Waals surface area contributed by atoms with Gasteiger partial charge >= 0.3 is 0 Å². The molecule has 1 atom stereocenters. The molecule has 0 saturated carbocycles. The molecule has 1 heterocycles. The summed E-state index contributed by atoms with van der Waals surface area (Å²) in [5, 5.41) is 0. The van der Waals surface area contributed by atoms with Crippen molar-refractivity contribution in [3.63, 3.8) is 0 Å². The van der Waals surface area contributed by atoms with E-state index in [1.807, 2.05) is 12.1 Å². The molecule has 2 rings (SSSR count). The predicted molar refractivity (Wildman–Crippen MR) is 83.1 cm³/mol. The van der Waals surface area contributed by atoms with Gasteiger partial charge in [-0.25, -0.2) is 0 Å². The van der Waals surface area contributed by atoms with Gasteiger partial charge in [0.25, 0.3) is 0 Å². The average Bonchev–Trinajstić information content (AvgIpc) is 2.41. The van der Waals surface area contributed by atoms with Gasteiger partial charge in [-0.2, -0.15) is 0 Å². The summed E-state index contributed by atoms with van der Waals surface area (Å²) >= 11 is 0. The van der Waals surface area contributed by atoms with Crippen LogP contribution in [0.4, 0.5) is 5.69 Å². The molecule has 0 radical (unpaired) electrons. The van der Waals surface area contributed by atoms with Gasteiger partial charge in [0.1, 0.15) is 12.0 Å². The Morgan fingerprint density at radius 3 is 2.70 bits per heavy atom. The summed E-state index contributed by atoms with van der Waals surface area (Å²) in [6.45, 7) is 10.0. The Morgan fingerprint density at radius 1 is 1.45 bits per heavy atom. The summed E-state index contributed by atoms with van der Waals surface area (Å²) in [4.78, 5) is 13.6. The van der Waals surface area contributed by atoms with E-state index in [9.17, 15) is 4.79 Å². The standard InChI is InChI=1S/C17H25NO2/c1-6-7-18-16-14(12(2)10-17(18,3)4)8-13(11-19)9-15(16)20-5/h8-9,11-12H,6-7,10H2,1-5H3/t12-/m0/s1. The second-order valence-electron chi connectivity index (χ2n) is 6.35. The molecule has 0 fully saturated rings. The summed E-state index contributed by atoms with van der Waals surface area (Å²) in [5.74, 6) is 1.25. The first-order valence-electron chi connectivity index (χ1n) is 7.39. The number of anilines is 1. The van der Waals surface area contributed by atoms with Crippen LogP contribution in [0.1, 0.15) is 62.4 Å². The van der Waals surface area contributed by atoms with E-state index in [2.05, 4.69) is 32.6 Å². The highest BCUT2D eigenvalue weighted by atomic mass is 16.5. The Morgan fingerprint density at radius 2 is 2.15 bits per heavy atom. The van der Waals surface area contributed by atoms with E-state index in [1.54, 1.807) is 7.11 Å². The van der Waals surface area contributed by atoms with Crippen molar-refractivity contribution in [1.29, 1.82) is 0 Å². The zero-order chi connectivity index (χ0) is 14.9. The maximum Gasteiger partial charge on any atom is 0.150 e. The first-order chi connectivity index (χ1) is 9.44. The molecule has 0 aromatic heterocycles. The van der Waals surface area contributed by atoms with Crippen molar-refractivity contribution in [3.8, 4) is 5.75 Å². The molecule has 3 nitrogen and oxygen atoms in total. The fourth-order valence-corrected chi connectivity index (χ4v) is 3.45. The van der Waals surface area contributed by atoms with Crippen molar-refractivity contribution in [1.82, 2.24) is 0 Å². The van der Waals surface area contributed by atoms with Crippen molar-refractivity contribution in [2.75, 3.05) is 18.6 Å². The molecule has 1 aliphatic heterocycles. The molecular formula is C17H25NO2. The number of carbonyl (C=O) groups excluding carboxylic acids is 1. The lowest BCUT2D eigenvalue weighted by molar-refractivity contribution is 0.112. The van der Waals surface area contributed by atoms with E-state index >= 15 is 0 Å². The molecule has 1 aromatic rings. The summed E-state index contributed by atoms with van der Waals surface area (Å²) in [6.07, 6.45) is 3.08. The lowest BCUT2D eigenvalue weighted by Crippen LogP contribution is -2.48. The van der Waals surface area contributed by atoms with Crippen LogP contribution in [-0.4, -0.2) is 25.5 Å². The minimum atomic E-state index is 0.110. The second-order valence-corrected chi connectivity index (χ2v) is 6.35. The van der Waals surface area contributed by atoms with Crippen LogP contribution in [0.2, 0.25) is 0 Å². The van der Waals surface area contributed by atoms with Crippen LogP contribution in [0.15, 0.2) is 12.1 Å². The number of carbonyl (C=O) groups is 1. The Hall–Kier alpha value is -1.51. The highest BCUT2D eigenvalue weighted by Crippen LogP contribution is 2.48. The average molecular weight is 275 g/mol. The summed E-state index contributed by atoms with van der Waals surface area (Å²) in [5.41, 5.74) is 3.21. The van der Waals surface area contributed by atoms with Crippen LogP contribution in [-0.2, 0) is 0 Å². The monoisotopic (exact) mass is 275 g/mol. The van der Waals surface area contributed by atoms with Gasteiger partial charge in [0.05, 0.1) is 12.8 Å². The number of nitrogens with zero attached hydrogens (tertiary/aromatic N) is 1. The minimum absolute atomic E-state index is 0.110. The molecule has 0 bridgehead atoms. The fraction of sp³-hybridized carbons (Fsp3) is 0.588. The van der Waals surface area contributed by atoms with Gasteiger partial charge in [0, 0.05) is 17.6 Å². The first-order valence-corrected chi connectivity index (χ1v) is 7.39. The molecule has 110 valence electrons. The third-order valence-electron chi connectivity index (χ3n) is 4.27. The van der Waals surface area contributed by atoms with E-state index < -0.39 is 0 Å². The maximum atomic E-state index is 11.1. The van der Waals surface area contributed by atoms with Gasteiger partial charge in [-0.05, 0) is 50.3 Å². The zero-order valence-corrected chi connectivity index (χ0v) is 13.2. The Kier molecular flexibility index (Phi) is 4.07. The Bertz CT molecular complexity index is 508. The second kappa shape index (κ2) is 5.47. The molecule has 0 saturated heterocycles. The largest absolute Gasteiger partial charge is 0.495 e. The summed E-state index contributed by atoms with van der Waals surface area (Å²) in [6, 6.07) is 3.87. The maximum absolute atomic E-state index is 11.1. The minimum Gasteiger partial charge on any atom is -0.495 e.